The molecule has 22 heavy (non-hydrogen) atoms. The molecule has 1 saturated heterocycles. The molecule has 0 unspecified atom stereocenters. The first-order chi connectivity index (χ1) is 10.8. The van der Waals surface area contributed by atoms with Gasteiger partial charge in [0.05, 0.1) is 0 Å². The van der Waals surface area contributed by atoms with Crippen LogP contribution < -0.4 is 9.80 Å². The molecule has 3 N–H and O–H groups in total. The van der Waals surface area contributed by atoms with Gasteiger partial charge in [-0.05, 0) is 5.56 Å². The van der Waals surface area contributed by atoms with Crippen LogP contribution in [0.25, 0.3) is 0 Å². The molecule has 3 heteroatoms. The zero-order valence-electron chi connectivity index (χ0n) is 13.0. The summed E-state index contributed by atoms with van der Waals surface area (Å²) in [4.78, 5) is 3.18. The molecule has 1 aliphatic heterocycles. The third-order valence-electron chi connectivity index (χ3n) is 4.63. The van der Waals surface area contributed by atoms with Gasteiger partial charge in [0, 0.05) is 5.56 Å². The predicted molar refractivity (Wildman–Crippen MR) is 87.8 cm³/mol. The number of aliphatic hydroxyl groups excluding tert-OH is 1. The van der Waals surface area contributed by atoms with E-state index in [1.807, 2.05) is 30.3 Å². The Morgan fingerprint density at radius 2 is 1.32 bits per heavy atom. The van der Waals surface area contributed by atoms with Gasteiger partial charge in [0.15, 0.2) is 0 Å². The van der Waals surface area contributed by atoms with Crippen LogP contribution in [0.5, 0.6) is 0 Å². The highest BCUT2D eigenvalue weighted by Crippen LogP contribution is 2.09. The molecule has 0 spiro atoms. The molecule has 0 radical (unpaired) electrons. The number of rotatable bonds is 5. The van der Waals surface area contributed by atoms with Crippen LogP contribution in [0.2, 0.25) is 0 Å². The standard InChI is InChI=1S/C19H24N2O/c22-19(18-9-5-2-6-10-18)16-21-13-11-20(12-14-21)15-17-7-3-1-4-8-17/h1-10,19,22H,11-16H2/p+2/t19-/m1/s1. The second-order valence-electron chi connectivity index (χ2n) is 6.29. The molecule has 0 saturated carbocycles. The summed E-state index contributed by atoms with van der Waals surface area (Å²) in [5, 5.41) is 10.3. The minimum Gasteiger partial charge on any atom is -0.382 e. The Kier molecular flexibility index (Phi) is 5.22. The first-order valence-electron chi connectivity index (χ1n) is 8.25. The summed E-state index contributed by atoms with van der Waals surface area (Å²) in [6, 6.07) is 20.8. The van der Waals surface area contributed by atoms with Crippen molar-refractivity contribution in [3.63, 3.8) is 0 Å². The van der Waals surface area contributed by atoms with E-state index in [4.69, 9.17) is 0 Å². The minimum atomic E-state index is -0.341. The van der Waals surface area contributed by atoms with Crippen molar-refractivity contribution in [3.8, 4) is 0 Å². The van der Waals surface area contributed by atoms with Crippen molar-refractivity contribution in [2.75, 3.05) is 32.7 Å². The van der Waals surface area contributed by atoms with E-state index in [1.165, 1.54) is 23.6 Å². The number of benzene rings is 2. The summed E-state index contributed by atoms with van der Waals surface area (Å²) >= 11 is 0. The van der Waals surface area contributed by atoms with E-state index in [1.54, 1.807) is 4.90 Å². The van der Waals surface area contributed by atoms with E-state index < -0.39 is 0 Å². The van der Waals surface area contributed by atoms with Crippen molar-refractivity contribution in [2.24, 2.45) is 0 Å². The molecule has 1 aliphatic rings. The highest BCUT2D eigenvalue weighted by molar-refractivity contribution is 5.17. The second kappa shape index (κ2) is 7.54. The maximum absolute atomic E-state index is 10.3. The van der Waals surface area contributed by atoms with Crippen LogP contribution in [0.15, 0.2) is 60.7 Å². The fourth-order valence-corrected chi connectivity index (χ4v) is 3.29. The van der Waals surface area contributed by atoms with Crippen molar-refractivity contribution in [1.82, 2.24) is 0 Å². The maximum Gasteiger partial charge on any atom is 0.128 e. The summed E-state index contributed by atoms with van der Waals surface area (Å²) in [6.07, 6.45) is -0.341. The molecule has 116 valence electrons. The number of aliphatic hydroxyl groups is 1. The van der Waals surface area contributed by atoms with E-state index in [0.717, 1.165) is 31.7 Å². The Balaban J connectivity index is 1.46. The molecule has 2 aromatic carbocycles. The average Bonchev–Trinajstić information content (AvgIpc) is 2.58. The van der Waals surface area contributed by atoms with Gasteiger partial charge < -0.3 is 14.9 Å². The zero-order chi connectivity index (χ0) is 15.2. The Morgan fingerprint density at radius 1 is 0.773 bits per heavy atom. The topological polar surface area (TPSA) is 29.1 Å². The van der Waals surface area contributed by atoms with Gasteiger partial charge >= 0.3 is 0 Å². The molecule has 0 bridgehead atoms. The lowest BCUT2D eigenvalue weighted by Crippen LogP contribution is -3.27. The molecule has 2 aromatic rings. The molecule has 1 heterocycles. The van der Waals surface area contributed by atoms with Crippen LogP contribution in [0.1, 0.15) is 17.2 Å². The van der Waals surface area contributed by atoms with Crippen LogP contribution >= 0.6 is 0 Å². The first kappa shape index (κ1) is 15.2. The number of piperazine rings is 1. The van der Waals surface area contributed by atoms with Gasteiger partial charge in [-0.1, -0.05) is 60.7 Å². The highest BCUT2D eigenvalue weighted by Gasteiger charge is 2.25. The molecule has 1 fully saturated rings. The molecule has 0 amide bonds. The SMILES string of the molecule is O[C@H](C[NH+]1CC[NH+](Cc2ccccc2)CC1)c1ccccc1. The lowest BCUT2D eigenvalue weighted by atomic mass is 10.1. The van der Waals surface area contributed by atoms with Gasteiger partial charge in [-0.25, -0.2) is 0 Å². The van der Waals surface area contributed by atoms with Crippen molar-refractivity contribution < 1.29 is 14.9 Å². The lowest BCUT2D eigenvalue weighted by molar-refractivity contribution is -1.02. The Labute approximate surface area is 132 Å². The Morgan fingerprint density at radius 3 is 1.95 bits per heavy atom. The molecule has 3 nitrogen and oxygen atoms in total. The lowest BCUT2D eigenvalue weighted by Gasteiger charge is -2.30. The fourth-order valence-electron chi connectivity index (χ4n) is 3.29. The third-order valence-corrected chi connectivity index (χ3v) is 4.63. The summed E-state index contributed by atoms with van der Waals surface area (Å²) in [7, 11) is 0. The van der Waals surface area contributed by atoms with Crippen molar-refractivity contribution >= 4 is 0 Å². The van der Waals surface area contributed by atoms with Gasteiger partial charge in [0.25, 0.3) is 0 Å². The van der Waals surface area contributed by atoms with Gasteiger partial charge in [-0.3, -0.25) is 0 Å². The van der Waals surface area contributed by atoms with Crippen molar-refractivity contribution in [2.45, 2.75) is 12.6 Å². The smallest absolute Gasteiger partial charge is 0.128 e. The van der Waals surface area contributed by atoms with Gasteiger partial charge in [0.1, 0.15) is 45.4 Å². The van der Waals surface area contributed by atoms with Crippen molar-refractivity contribution in [1.29, 1.82) is 0 Å². The van der Waals surface area contributed by atoms with E-state index in [0.29, 0.717) is 0 Å². The maximum atomic E-state index is 10.3. The van der Waals surface area contributed by atoms with Crippen LogP contribution in [0.4, 0.5) is 0 Å². The average molecular weight is 298 g/mol. The Bertz CT molecular complexity index is 550. The van der Waals surface area contributed by atoms with Gasteiger partial charge in [-0.2, -0.15) is 0 Å². The molecule has 1 atom stereocenters. The van der Waals surface area contributed by atoms with E-state index in [2.05, 4.69) is 30.3 Å². The molecular formula is C19H26N2O+2. The predicted octanol–water partition coefficient (Wildman–Crippen LogP) is -0.296. The summed E-state index contributed by atoms with van der Waals surface area (Å²) < 4.78 is 0. The van der Waals surface area contributed by atoms with Gasteiger partial charge in [-0.15, -0.1) is 0 Å². The fraction of sp³-hybridized carbons (Fsp3) is 0.368. The van der Waals surface area contributed by atoms with E-state index in [9.17, 15) is 5.11 Å². The number of nitrogens with one attached hydrogen (secondary N) is 2. The van der Waals surface area contributed by atoms with Crippen LogP contribution in [0.3, 0.4) is 0 Å². The van der Waals surface area contributed by atoms with E-state index in [-0.39, 0.29) is 6.10 Å². The third kappa shape index (κ3) is 4.17. The molecular weight excluding hydrogens is 272 g/mol. The quantitative estimate of drug-likeness (QED) is 0.695. The number of hydrogen-bond donors (Lipinski definition) is 3. The summed E-state index contributed by atoms with van der Waals surface area (Å²) in [5.74, 6) is 0. The highest BCUT2D eigenvalue weighted by atomic mass is 16.3. The number of quaternary nitrogens is 2. The second-order valence-corrected chi connectivity index (χ2v) is 6.29. The molecule has 3 rings (SSSR count). The zero-order valence-corrected chi connectivity index (χ0v) is 13.0. The summed E-state index contributed by atoms with van der Waals surface area (Å²) in [6.45, 7) is 6.60. The van der Waals surface area contributed by atoms with Crippen LogP contribution in [-0.4, -0.2) is 37.8 Å². The van der Waals surface area contributed by atoms with Crippen molar-refractivity contribution in [3.05, 3.63) is 71.8 Å². The van der Waals surface area contributed by atoms with Crippen LogP contribution in [-0.2, 0) is 6.54 Å². The Hall–Kier alpha value is -1.68. The van der Waals surface area contributed by atoms with Crippen LogP contribution in [0, 0.1) is 0 Å². The van der Waals surface area contributed by atoms with Gasteiger partial charge in [0.2, 0.25) is 0 Å². The van der Waals surface area contributed by atoms with E-state index >= 15 is 0 Å². The normalized spacial score (nSPS) is 23.1. The summed E-state index contributed by atoms with van der Waals surface area (Å²) in [5.41, 5.74) is 2.46. The molecule has 0 aromatic heterocycles. The minimum absolute atomic E-state index is 0.341. The monoisotopic (exact) mass is 298 g/mol. The first-order valence-corrected chi connectivity index (χ1v) is 8.25. The number of hydrogen-bond acceptors (Lipinski definition) is 1. The largest absolute Gasteiger partial charge is 0.382 e. The molecule has 0 aliphatic carbocycles.